The molecule has 3 aromatic carbocycles. The smallest absolute Gasteiger partial charge is 0.122 e. The van der Waals surface area contributed by atoms with Crippen molar-refractivity contribution in [2.24, 2.45) is 0 Å². The third kappa shape index (κ3) is 5.20. The standard InChI is InChI=1S/C28H30N2O2/c1-4-22-18-27-26(19-28(22)31-3)23(12-13-30-27)17-21-8-10-24(11-9-21)29-14-15-32-25-7-5-6-20(2)16-25/h5-13,16,18-19,29H,4,14-15,17H2,1-3H3. The molecule has 0 bridgehead atoms. The van der Waals surface area contributed by atoms with Crippen molar-refractivity contribution in [3.63, 3.8) is 0 Å². The molecule has 32 heavy (non-hydrogen) atoms. The number of pyridine rings is 1. The number of methoxy groups -OCH3 is 1. The van der Waals surface area contributed by atoms with E-state index in [1.54, 1.807) is 7.11 Å². The molecule has 4 aromatic rings. The van der Waals surface area contributed by atoms with Gasteiger partial charge in [-0.15, -0.1) is 0 Å². The molecule has 0 fully saturated rings. The number of benzene rings is 3. The molecule has 0 unspecified atom stereocenters. The van der Waals surface area contributed by atoms with Crippen molar-refractivity contribution >= 4 is 16.6 Å². The van der Waals surface area contributed by atoms with Crippen molar-refractivity contribution in [1.29, 1.82) is 0 Å². The van der Waals surface area contributed by atoms with Crippen LogP contribution < -0.4 is 14.8 Å². The summed E-state index contributed by atoms with van der Waals surface area (Å²) < 4.78 is 11.4. The number of hydrogen-bond acceptors (Lipinski definition) is 4. The highest BCUT2D eigenvalue weighted by Crippen LogP contribution is 2.28. The van der Waals surface area contributed by atoms with E-state index in [1.807, 2.05) is 18.3 Å². The largest absolute Gasteiger partial charge is 0.496 e. The summed E-state index contributed by atoms with van der Waals surface area (Å²) in [5.74, 6) is 1.84. The van der Waals surface area contributed by atoms with Gasteiger partial charge in [-0.3, -0.25) is 4.98 Å². The van der Waals surface area contributed by atoms with Crippen molar-refractivity contribution in [3.8, 4) is 11.5 Å². The van der Waals surface area contributed by atoms with Gasteiger partial charge in [-0.1, -0.05) is 31.2 Å². The molecular formula is C28H30N2O2. The molecule has 0 saturated carbocycles. The zero-order valence-corrected chi connectivity index (χ0v) is 19.0. The van der Waals surface area contributed by atoms with E-state index in [2.05, 4.69) is 78.7 Å². The van der Waals surface area contributed by atoms with Crippen LogP contribution in [0.3, 0.4) is 0 Å². The maximum Gasteiger partial charge on any atom is 0.122 e. The number of nitrogens with zero attached hydrogens (tertiary/aromatic N) is 1. The van der Waals surface area contributed by atoms with Crippen LogP contribution in [0, 0.1) is 6.92 Å². The van der Waals surface area contributed by atoms with Crippen LogP contribution in [0.1, 0.15) is 29.2 Å². The van der Waals surface area contributed by atoms with Crippen LogP contribution in [0.15, 0.2) is 72.9 Å². The molecule has 164 valence electrons. The van der Waals surface area contributed by atoms with E-state index in [-0.39, 0.29) is 0 Å². The summed E-state index contributed by atoms with van der Waals surface area (Å²) in [6, 6.07) is 23.1. The molecule has 0 amide bonds. The number of ether oxygens (including phenoxy) is 2. The molecule has 0 aliphatic carbocycles. The summed E-state index contributed by atoms with van der Waals surface area (Å²) >= 11 is 0. The first-order valence-corrected chi connectivity index (χ1v) is 11.1. The average molecular weight is 427 g/mol. The number of aromatic nitrogens is 1. The Balaban J connectivity index is 1.38. The number of hydrogen-bond donors (Lipinski definition) is 1. The molecule has 0 aliphatic heterocycles. The maximum absolute atomic E-state index is 5.81. The van der Waals surface area contributed by atoms with E-state index in [4.69, 9.17) is 9.47 Å². The number of nitrogens with one attached hydrogen (secondary N) is 1. The molecule has 1 heterocycles. The Morgan fingerprint density at radius 1 is 0.938 bits per heavy atom. The zero-order valence-electron chi connectivity index (χ0n) is 19.0. The van der Waals surface area contributed by atoms with Gasteiger partial charge in [0, 0.05) is 23.8 Å². The Morgan fingerprint density at radius 2 is 1.78 bits per heavy atom. The summed E-state index contributed by atoms with van der Waals surface area (Å²) in [4.78, 5) is 4.57. The zero-order chi connectivity index (χ0) is 22.3. The topological polar surface area (TPSA) is 43.4 Å². The fourth-order valence-electron chi connectivity index (χ4n) is 3.92. The monoisotopic (exact) mass is 426 g/mol. The number of anilines is 1. The molecule has 1 N–H and O–H groups in total. The highest BCUT2D eigenvalue weighted by atomic mass is 16.5. The Hall–Kier alpha value is -3.53. The van der Waals surface area contributed by atoms with Gasteiger partial charge in [-0.25, -0.2) is 0 Å². The molecule has 0 spiro atoms. The van der Waals surface area contributed by atoms with Gasteiger partial charge in [-0.05, 0) is 84.5 Å². The molecule has 0 radical (unpaired) electrons. The molecule has 0 atom stereocenters. The minimum Gasteiger partial charge on any atom is -0.496 e. The van der Waals surface area contributed by atoms with Gasteiger partial charge in [0.05, 0.1) is 12.6 Å². The number of aryl methyl sites for hydroxylation is 2. The van der Waals surface area contributed by atoms with E-state index in [0.717, 1.165) is 47.5 Å². The number of rotatable bonds is 9. The predicted octanol–water partition coefficient (Wildman–Crippen LogP) is 6.20. The lowest BCUT2D eigenvalue weighted by Crippen LogP contribution is -2.11. The van der Waals surface area contributed by atoms with E-state index >= 15 is 0 Å². The van der Waals surface area contributed by atoms with Gasteiger partial charge in [0.1, 0.15) is 18.1 Å². The van der Waals surface area contributed by atoms with Crippen molar-refractivity contribution in [1.82, 2.24) is 4.98 Å². The van der Waals surface area contributed by atoms with Gasteiger partial charge >= 0.3 is 0 Å². The first-order chi connectivity index (χ1) is 15.7. The highest BCUT2D eigenvalue weighted by molar-refractivity contribution is 5.85. The lowest BCUT2D eigenvalue weighted by molar-refractivity contribution is 0.332. The van der Waals surface area contributed by atoms with Crippen LogP contribution in [0.4, 0.5) is 5.69 Å². The van der Waals surface area contributed by atoms with Gasteiger partial charge in [0.15, 0.2) is 0 Å². The third-order valence-corrected chi connectivity index (χ3v) is 5.65. The fraction of sp³-hybridized carbons (Fsp3) is 0.250. The maximum atomic E-state index is 5.81. The first kappa shape index (κ1) is 21.7. The molecular weight excluding hydrogens is 396 g/mol. The van der Waals surface area contributed by atoms with Crippen LogP contribution in [0.5, 0.6) is 11.5 Å². The fourth-order valence-corrected chi connectivity index (χ4v) is 3.92. The van der Waals surface area contributed by atoms with Gasteiger partial charge in [0.25, 0.3) is 0 Å². The van der Waals surface area contributed by atoms with Crippen LogP contribution in [-0.4, -0.2) is 25.2 Å². The highest BCUT2D eigenvalue weighted by Gasteiger charge is 2.09. The second-order valence-electron chi connectivity index (χ2n) is 7.97. The van der Waals surface area contributed by atoms with Crippen LogP contribution in [-0.2, 0) is 12.8 Å². The Bertz CT molecular complexity index is 1190. The summed E-state index contributed by atoms with van der Waals surface area (Å²) in [7, 11) is 1.73. The van der Waals surface area contributed by atoms with Gasteiger partial charge in [-0.2, -0.15) is 0 Å². The minimum absolute atomic E-state index is 0.621. The Morgan fingerprint density at radius 3 is 2.53 bits per heavy atom. The van der Waals surface area contributed by atoms with Crippen LogP contribution in [0.25, 0.3) is 10.9 Å². The molecule has 1 aromatic heterocycles. The SMILES string of the molecule is CCc1cc2nccc(Cc3ccc(NCCOc4cccc(C)c4)cc3)c2cc1OC. The van der Waals surface area contributed by atoms with Crippen molar-refractivity contribution in [3.05, 3.63) is 95.2 Å². The second-order valence-corrected chi connectivity index (χ2v) is 7.97. The van der Waals surface area contributed by atoms with Crippen molar-refractivity contribution in [2.45, 2.75) is 26.7 Å². The van der Waals surface area contributed by atoms with Gasteiger partial charge < -0.3 is 14.8 Å². The second kappa shape index (κ2) is 10.2. The van der Waals surface area contributed by atoms with E-state index < -0.39 is 0 Å². The third-order valence-electron chi connectivity index (χ3n) is 5.65. The predicted molar refractivity (Wildman–Crippen MR) is 132 cm³/mol. The van der Waals surface area contributed by atoms with E-state index in [1.165, 1.54) is 22.3 Å². The lowest BCUT2D eigenvalue weighted by Gasteiger charge is -2.12. The molecule has 0 saturated heterocycles. The van der Waals surface area contributed by atoms with Crippen LogP contribution in [0.2, 0.25) is 0 Å². The van der Waals surface area contributed by atoms with E-state index in [0.29, 0.717) is 6.61 Å². The number of fused-ring (bicyclic) bond motifs is 1. The summed E-state index contributed by atoms with van der Waals surface area (Å²) in [5, 5.41) is 4.58. The average Bonchev–Trinajstić information content (AvgIpc) is 2.82. The molecule has 4 heteroatoms. The van der Waals surface area contributed by atoms with Crippen molar-refractivity contribution in [2.75, 3.05) is 25.6 Å². The van der Waals surface area contributed by atoms with Gasteiger partial charge in [0.2, 0.25) is 0 Å². The lowest BCUT2D eigenvalue weighted by atomic mass is 9.99. The summed E-state index contributed by atoms with van der Waals surface area (Å²) in [5.41, 5.74) is 7.02. The molecule has 4 rings (SSSR count). The normalized spacial score (nSPS) is 10.8. The van der Waals surface area contributed by atoms with E-state index in [9.17, 15) is 0 Å². The first-order valence-electron chi connectivity index (χ1n) is 11.1. The molecule has 0 aliphatic rings. The quantitative estimate of drug-likeness (QED) is 0.324. The summed E-state index contributed by atoms with van der Waals surface area (Å²) in [6.07, 6.45) is 3.67. The minimum atomic E-state index is 0.621. The van der Waals surface area contributed by atoms with Crippen LogP contribution >= 0.6 is 0 Å². The Labute approximate surface area is 190 Å². The molecule has 4 nitrogen and oxygen atoms in total. The summed E-state index contributed by atoms with van der Waals surface area (Å²) in [6.45, 7) is 5.58. The van der Waals surface area contributed by atoms with Crippen molar-refractivity contribution < 1.29 is 9.47 Å². The Kier molecular flexibility index (Phi) is 6.90.